The standard InChI is InChI=1S/C25H26FN5O4/c1-25(2,3)35-24(32)30-10-16-12-33-13-17(11-30)21(16)34-23-18-6-7-31(22(18)28-14-29-23)20-5-4-15(9-27)8-19(20)26/h4-8,14,16-17,21H,10-13H2,1-3H3. The Morgan fingerprint density at radius 3 is 2.60 bits per heavy atom. The van der Waals surface area contributed by atoms with Crippen LogP contribution in [-0.2, 0) is 9.47 Å². The molecule has 0 radical (unpaired) electrons. The average molecular weight is 480 g/mol. The zero-order valence-corrected chi connectivity index (χ0v) is 19.8. The van der Waals surface area contributed by atoms with Crippen LogP contribution in [0.5, 0.6) is 5.88 Å². The zero-order valence-electron chi connectivity index (χ0n) is 19.8. The number of ether oxygens (including phenoxy) is 3. The Bertz CT molecular complexity index is 1300. The highest BCUT2D eigenvalue weighted by molar-refractivity contribution is 5.83. The molecule has 0 N–H and O–H groups in total. The molecule has 10 heteroatoms. The monoisotopic (exact) mass is 479 g/mol. The Kier molecular flexibility index (Phi) is 5.81. The van der Waals surface area contributed by atoms with E-state index in [2.05, 4.69) is 9.97 Å². The molecule has 2 aliphatic rings. The molecule has 2 unspecified atom stereocenters. The Morgan fingerprint density at radius 2 is 1.94 bits per heavy atom. The number of aromatic nitrogens is 3. The lowest BCUT2D eigenvalue weighted by molar-refractivity contribution is -0.112. The van der Waals surface area contributed by atoms with E-state index in [1.807, 2.05) is 26.8 Å². The first-order chi connectivity index (χ1) is 16.7. The van der Waals surface area contributed by atoms with Crippen LogP contribution in [0.25, 0.3) is 16.7 Å². The number of hydrogen-bond acceptors (Lipinski definition) is 7. The third-order valence-corrected chi connectivity index (χ3v) is 6.18. The first-order valence-corrected chi connectivity index (χ1v) is 11.5. The van der Waals surface area contributed by atoms with Crippen molar-refractivity contribution in [3.8, 4) is 17.6 Å². The number of carbonyl (C=O) groups excluding carboxylic acids is 1. The number of piperidine rings is 1. The van der Waals surface area contributed by atoms with E-state index in [0.717, 1.165) is 0 Å². The van der Waals surface area contributed by atoms with Crippen LogP contribution in [-0.4, -0.2) is 63.5 Å². The Labute approximate surface area is 202 Å². The number of amides is 1. The Hall–Kier alpha value is -3.71. The molecule has 2 atom stereocenters. The van der Waals surface area contributed by atoms with E-state index in [4.69, 9.17) is 19.5 Å². The number of hydrogen-bond donors (Lipinski definition) is 0. The molecule has 1 aromatic carbocycles. The number of rotatable bonds is 3. The molecule has 0 spiro atoms. The summed E-state index contributed by atoms with van der Waals surface area (Å²) in [6, 6.07) is 8.01. The van der Waals surface area contributed by atoms with E-state index in [9.17, 15) is 9.18 Å². The van der Waals surface area contributed by atoms with Gasteiger partial charge in [0.2, 0.25) is 5.88 Å². The van der Waals surface area contributed by atoms with Gasteiger partial charge in [0, 0.05) is 31.1 Å². The summed E-state index contributed by atoms with van der Waals surface area (Å²) in [6.07, 6.45) is 2.55. The van der Waals surface area contributed by atoms with E-state index in [1.54, 1.807) is 33.9 Å². The van der Waals surface area contributed by atoms with Crippen molar-refractivity contribution in [2.45, 2.75) is 32.5 Å². The highest BCUT2D eigenvalue weighted by Crippen LogP contribution is 2.34. The van der Waals surface area contributed by atoms with Gasteiger partial charge in [-0.1, -0.05) is 0 Å². The molecule has 3 aromatic rings. The summed E-state index contributed by atoms with van der Waals surface area (Å²) < 4.78 is 34.0. The van der Waals surface area contributed by atoms with Gasteiger partial charge in [0.1, 0.15) is 23.8 Å². The van der Waals surface area contributed by atoms with E-state index in [-0.39, 0.29) is 35.3 Å². The number of halogens is 1. The fourth-order valence-corrected chi connectivity index (χ4v) is 4.68. The van der Waals surface area contributed by atoms with Crippen LogP contribution in [0.15, 0.2) is 36.8 Å². The normalized spacial score (nSPS) is 22.0. The predicted molar refractivity (Wildman–Crippen MR) is 124 cm³/mol. The summed E-state index contributed by atoms with van der Waals surface area (Å²) in [4.78, 5) is 23.1. The van der Waals surface area contributed by atoms with Crippen LogP contribution in [0, 0.1) is 29.0 Å². The van der Waals surface area contributed by atoms with Gasteiger partial charge in [0.25, 0.3) is 0 Å². The van der Waals surface area contributed by atoms with E-state index in [1.165, 1.54) is 12.4 Å². The van der Waals surface area contributed by atoms with E-state index < -0.39 is 11.4 Å². The number of carbonyl (C=O) groups is 1. The number of likely N-dealkylation sites (tertiary alicyclic amines) is 1. The molecule has 182 valence electrons. The number of nitriles is 1. The second-order valence-electron chi connectivity index (χ2n) is 9.91. The molecule has 2 aromatic heterocycles. The highest BCUT2D eigenvalue weighted by atomic mass is 19.1. The fourth-order valence-electron chi connectivity index (χ4n) is 4.68. The third-order valence-electron chi connectivity index (χ3n) is 6.18. The molecule has 9 nitrogen and oxygen atoms in total. The number of nitrogens with zero attached hydrogens (tertiary/aromatic N) is 5. The van der Waals surface area contributed by atoms with Crippen LogP contribution in [0.2, 0.25) is 0 Å². The summed E-state index contributed by atoms with van der Waals surface area (Å²) in [5, 5.41) is 9.66. The second kappa shape index (κ2) is 8.82. The summed E-state index contributed by atoms with van der Waals surface area (Å²) in [7, 11) is 0. The highest BCUT2D eigenvalue weighted by Gasteiger charge is 2.44. The van der Waals surface area contributed by atoms with Gasteiger partial charge in [-0.15, -0.1) is 0 Å². The molecule has 2 bridgehead atoms. The summed E-state index contributed by atoms with van der Waals surface area (Å²) in [5.74, 6) is -0.213. The van der Waals surface area contributed by atoms with Crippen LogP contribution < -0.4 is 4.74 Å². The summed E-state index contributed by atoms with van der Waals surface area (Å²) >= 11 is 0. The molecule has 5 rings (SSSR count). The topological polar surface area (TPSA) is 102 Å². The third kappa shape index (κ3) is 4.51. The van der Waals surface area contributed by atoms with Crippen molar-refractivity contribution in [1.29, 1.82) is 5.26 Å². The van der Waals surface area contributed by atoms with Gasteiger partial charge in [-0.05, 0) is 45.0 Å². The Balaban J connectivity index is 1.40. The molecule has 2 fully saturated rings. The average Bonchev–Trinajstić information content (AvgIpc) is 3.22. The molecule has 1 amide bonds. The van der Waals surface area contributed by atoms with Crippen LogP contribution >= 0.6 is 0 Å². The molecule has 0 aliphatic carbocycles. The molecular weight excluding hydrogens is 453 g/mol. The quantitative estimate of drug-likeness (QED) is 0.564. The largest absolute Gasteiger partial charge is 0.473 e. The van der Waals surface area contributed by atoms with Crippen LogP contribution in [0.3, 0.4) is 0 Å². The van der Waals surface area contributed by atoms with Gasteiger partial charge in [0.15, 0.2) is 5.65 Å². The number of benzene rings is 1. The molecule has 2 aliphatic heterocycles. The molecule has 2 saturated heterocycles. The maximum Gasteiger partial charge on any atom is 0.410 e. The first-order valence-electron chi connectivity index (χ1n) is 11.5. The number of fused-ring (bicyclic) bond motifs is 3. The summed E-state index contributed by atoms with van der Waals surface area (Å²) in [5.41, 5.74) is 0.447. The molecular formula is C25H26FN5O4. The van der Waals surface area contributed by atoms with Gasteiger partial charge < -0.3 is 19.1 Å². The van der Waals surface area contributed by atoms with Gasteiger partial charge >= 0.3 is 6.09 Å². The van der Waals surface area contributed by atoms with Crippen molar-refractivity contribution < 1.29 is 23.4 Å². The van der Waals surface area contributed by atoms with Gasteiger partial charge in [0.05, 0.1) is 35.9 Å². The summed E-state index contributed by atoms with van der Waals surface area (Å²) in [6.45, 7) is 7.39. The molecule has 35 heavy (non-hydrogen) atoms. The minimum Gasteiger partial charge on any atom is -0.473 e. The van der Waals surface area contributed by atoms with Crippen molar-refractivity contribution in [2.24, 2.45) is 11.8 Å². The zero-order chi connectivity index (χ0) is 24.7. The predicted octanol–water partition coefficient (Wildman–Crippen LogP) is 3.69. The lowest BCUT2D eigenvalue weighted by Gasteiger charge is -2.46. The Morgan fingerprint density at radius 1 is 1.20 bits per heavy atom. The van der Waals surface area contributed by atoms with E-state index in [0.29, 0.717) is 43.2 Å². The lowest BCUT2D eigenvalue weighted by Crippen LogP contribution is -2.59. The van der Waals surface area contributed by atoms with Gasteiger partial charge in [-0.2, -0.15) is 5.26 Å². The van der Waals surface area contributed by atoms with Crippen molar-refractivity contribution >= 4 is 17.1 Å². The van der Waals surface area contributed by atoms with Crippen molar-refractivity contribution in [3.05, 3.63) is 48.2 Å². The second-order valence-corrected chi connectivity index (χ2v) is 9.91. The lowest BCUT2D eigenvalue weighted by atomic mass is 9.84. The molecule has 0 saturated carbocycles. The van der Waals surface area contributed by atoms with Crippen LogP contribution in [0.4, 0.5) is 9.18 Å². The van der Waals surface area contributed by atoms with Crippen molar-refractivity contribution in [3.63, 3.8) is 0 Å². The first kappa shape index (κ1) is 23.1. The van der Waals surface area contributed by atoms with Gasteiger partial charge in [-0.3, -0.25) is 4.57 Å². The minimum atomic E-state index is -0.565. The maximum absolute atomic E-state index is 14.7. The fraction of sp³-hybridized carbons (Fsp3) is 0.440. The minimum absolute atomic E-state index is 0.0434. The van der Waals surface area contributed by atoms with Crippen molar-refractivity contribution in [1.82, 2.24) is 19.4 Å². The van der Waals surface area contributed by atoms with E-state index >= 15 is 0 Å². The van der Waals surface area contributed by atoms with Crippen LogP contribution in [0.1, 0.15) is 26.3 Å². The van der Waals surface area contributed by atoms with Crippen molar-refractivity contribution in [2.75, 3.05) is 26.3 Å². The maximum atomic E-state index is 14.7. The van der Waals surface area contributed by atoms with Gasteiger partial charge in [-0.25, -0.2) is 19.2 Å². The molecule has 4 heterocycles. The SMILES string of the molecule is CC(C)(C)OC(=O)N1CC2COCC(C1)C2Oc1ncnc2c1ccn2-c1ccc(C#N)cc1F. The smallest absolute Gasteiger partial charge is 0.410 e.